The van der Waals surface area contributed by atoms with Crippen molar-refractivity contribution in [1.82, 2.24) is 9.13 Å². The lowest BCUT2D eigenvalue weighted by Crippen LogP contribution is -2.18. The number of anilines is 6. The molecule has 0 bridgehead atoms. The van der Waals surface area contributed by atoms with Crippen molar-refractivity contribution in [3.05, 3.63) is 235 Å². The lowest BCUT2D eigenvalue weighted by Gasteiger charge is -2.26. The van der Waals surface area contributed by atoms with E-state index in [-0.39, 0.29) is 5.92 Å². The van der Waals surface area contributed by atoms with Crippen molar-refractivity contribution in [3.8, 4) is 5.69 Å². The van der Waals surface area contributed by atoms with Crippen LogP contribution in [-0.2, 0) is 6.54 Å². The van der Waals surface area contributed by atoms with Gasteiger partial charge in [0, 0.05) is 103 Å². The van der Waals surface area contributed by atoms with E-state index >= 15 is 0 Å². The zero-order chi connectivity index (χ0) is 44.7. The van der Waals surface area contributed by atoms with Gasteiger partial charge in [-0.3, -0.25) is 0 Å². The summed E-state index contributed by atoms with van der Waals surface area (Å²) >= 11 is 0. The lowest BCUT2D eigenvalue weighted by atomic mass is 9.98. The second-order valence-electron chi connectivity index (χ2n) is 16.7. The van der Waals surface area contributed by atoms with E-state index in [1.165, 1.54) is 49.5 Å². The zero-order valence-corrected chi connectivity index (χ0v) is 38.0. The van der Waals surface area contributed by atoms with Crippen molar-refractivity contribution >= 4 is 77.7 Å². The second-order valence-corrected chi connectivity index (χ2v) is 16.7. The minimum atomic E-state index is 0.200. The van der Waals surface area contributed by atoms with Crippen LogP contribution in [0, 0.1) is 0 Å². The van der Waals surface area contributed by atoms with Crippen molar-refractivity contribution in [2.45, 2.75) is 40.2 Å². The zero-order valence-electron chi connectivity index (χ0n) is 38.0. The highest BCUT2D eigenvalue weighted by atomic mass is 15.2. The molecule has 0 spiro atoms. The van der Waals surface area contributed by atoms with Crippen LogP contribution in [0.1, 0.15) is 39.2 Å². The topological polar surface area (TPSA) is 19.6 Å². The van der Waals surface area contributed by atoms with Gasteiger partial charge in [0.1, 0.15) is 0 Å². The van der Waals surface area contributed by atoms with E-state index < -0.39 is 0 Å². The number of nitrogens with zero attached hydrogens (tertiary/aromatic N) is 5. The van der Waals surface area contributed by atoms with Crippen LogP contribution >= 0.6 is 0 Å². The molecule has 3 heterocycles. The Hall–Kier alpha value is -8.02. The van der Waals surface area contributed by atoms with Gasteiger partial charge in [0.2, 0.25) is 0 Å². The number of rotatable bonds is 9. The fourth-order valence-corrected chi connectivity index (χ4v) is 10.5. The van der Waals surface area contributed by atoms with Crippen molar-refractivity contribution < 1.29 is 0 Å². The molecule has 0 radical (unpaired) electrons. The molecule has 2 aliphatic rings. The van der Waals surface area contributed by atoms with Gasteiger partial charge in [-0.15, -0.1) is 0 Å². The summed E-state index contributed by atoms with van der Waals surface area (Å²) in [7, 11) is 0. The number of allylic oxidation sites excluding steroid dienone is 4. The van der Waals surface area contributed by atoms with Crippen molar-refractivity contribution in [2.75, 3.05) is 21.2 Å². The van der Waals surface area contributed by atoms with E-state index in [1.807, 2.05) is 13.8 Å². The first-order chi connectivity index (χ1) is 32.7. The summed E-state index contributed by atoms with van der Waals surface area (Å²) in [6.07, 6.45) is 9.34. The molecule has 0 fully saturated rings. The predicted molar refractivity (Wildman–Crippen MR) is 282 cm³/mol. The summed E-state index contributed by atoms with van der Waals surface area (Å²) < 4.78 is 4.83. The van der Waals surface area contributed by atoms with E-state index in [1.54, 1.807) is 0 Å². The maximum Gasteiger partial charge on any atom is 0.0542 e. The first-order valence-corrected chi connectivity index (χ1v) is 23.5. The van der Waals surface area contributed by atoms with Crippen molar-refractivity contribution in [1.29, 1.82) is 0 Å². The molecule has 1 atom stereocenters. The minimum absolute atomic E-state index is 0.200. The molecule has 0 saturated carbocycles. The van der Waals surface area contributed by atoms with Crippen LogP contribution in [0.4, 0.5) is 34.1 Å². The van der Waals surface area contributed by atoms with Gasteiger partial charge < -0.3 is 23.8 Å². The van der Waals surface area contributed by atoms with Gasteiger partial charge in [-0.05, 0) is 141 Å². The first kappa shape index (κ1) is 40.7. The van der Waals surface area contributed by atoms with Gasteiger partial charge in [-0.1, -0.05) is 111 Å². The van der Waals surface area contributed by atoms with Crippen molar-refractivity contribution in [3.63, 3.8) is 0 Å². The lowest BCUT2D eigenvalue weighted by molar-refractivity contribution is 0.827. The van der Waals surface area contributed by atoms with Crippen LogP contribution in [0.15, 0.2) is 230 Å². The summed E-state index contributed by atoms with van der Waals surface area (Å²) in [6.45, 7) is 10.3. The van der Waals surface area contributed by atoms with E-state index in [2.05, 4.69) is 256 Å². The highest BCUT2D eigenvalue weighted by Crippen LogP contribution is 2.47. The normalized spacial score (nSPS) is 14.1. The standard InChI is InChI=1S/C59H47N5.C2H6/c1-3-60-54-26-16-14-24-48(54)50-33-28-44(29-34-56(50)60)62(41-18-8-5-9-19-41)45-31-36-58-52(39-45)53-40-47(32-37-59(53)64(58)43-22-12-7-13-23-43)63(42-20-10-6-11-21-42)46-30-35-57-51(38-46)49-25-15-17-27-55(49)61(57)4-2;1-2/h5-40,50H,3-4H2,1-2H3;1-2H3. The van der Waals surface area contributed by atoms with Gasteiger partial charge in [0.05, 0.1) is 11.0 Å². The summed E-state index contributed by atoms with van der Waals surface area (Å²) in [6, 6.07) is 70.9. The number of likely N-dealkylation sites (N-methyl/N-ethyl adjacent to an activating group) is 1. The van der Waals surface area contributed by atoms with Crippen molar-refractivity contribution in [2.24, 2.45) is 0 Å². The van der Waals surface area contributed by atoms with Crippen LogP contribution in [0.5, 0.6) is 0 Å². The van der Waals surface area contributed by atoms with Crippen LogP contribution in [-0.4, -0.2) is 15.7 Å². The summed E-state index contributed by atoms with van der Waals surface area (Å²) in [5.74, 6) is 0.200. The Morgan fingerprint density at radius 2 is 0.955 bits per heavy atom. The Bertz CT molecular complexity index is 3480. The van der Waals surface area contributed by atoms with E-state index in [9.17, 15) is 0 Å². The number of benzene rings is 8. The number of fused-ring (bicyclic) bond motifs is 9. The number of hydrogen-bond donors (Lipinski definition) is 0. The molecule has 66 heavy (non-hydrogen) atoms. The molecule has 2 aromatic heterocycles. The summed E-state index contributed by atoms with van der Waals surface area (Å²) in [4.78, 5) is 7.27. The maximum atomic E-state index is 2.46. The minimum Gasteiger partial charge on any atom is -0.344 e. The largest absolute Gasteiger partial charge is 0.344 e. The molecule has 5 nitrogen and oxygen atoms in total. The third-order valence-electron chi connectivity index (χ3n) is 13.3. The van der Waals surface area contributed by atoms with E-state index in [4.69, 9.17) is 0 Å². The second kappa shape index (κ2) is 17.2. The quantitative estimate of drug-likeness (QED) is 0.144. The molecular formula is C61H53N5. The van der Waals surface area contributed by atoms with Gasteiger partial charge in [-0.2, -0.15) is 0 Å². The fourth-order valence-electron chi connectivity index (χ4n) is 10.5. The number of aromatic nitrogens is 2. The van der Waals surface area contributed by atoms with Gasteiger partial charge in [0.25, 0.3) is 0 Å². The molecule has 0 saturated heterocycles. The average molecular weight is 856 g/mol. The van der Waals surface area contributed by atoms with E-state index in [0.29, 0.717) is 0 Å². The SMILES string of the molecule is CC.CCN1C2=CC=C(N(c3ccccc3)c3ccc4c(c3)c3cc(N(c5ccccc5)c5ccc6c(c5)c5ccccc5n6CC)ccc3n4-c3ccccc3)C=CC2c2ccccc21. The first-order valence-electron chi connectivity index (χ1n) is 23.5. The molecule has 1 aliphatic carbocycles. The molecule has 322 valence electrons. The highest BCUT2D eigenvalue weighted by Gasteiger charge is 2.32. The Kier molecular flexibility index (Phi) is 10.6. The number of para-hydroxylation sites is 5. The Morgan fingerprint density at radius 3 is 1.59 bits per heavy atom. The van der Waals surface area contributed by atoms with Gasteiger partial charge >= 0.3 is 0 Å². The molecule has 0 amide bonds. The Balaban J connectivity index is 0.00000238. The van der Waals surface area contributed by atoms with Crippen LogP contribution < -0.4 is 14.7 Å². The third kappa shape index (κ3) is 6.70. The number of aryl methyl sites for hydroxylation is 1. The van der Waals surface area contributed by atoms with Crippen LogP contribution in [0.3, 0.4) is 0 Å². The monoisotopic (exact) mass is 855 g/mol. The van der Waals surface area contributed by atoms with E-state index in [0.717, 1.165) is 63.9 Å². The molecule has 12 rings (SSSR count). The molecule has 1 unspecified atom stereocenters. The Labute approximate surface area is 387 Å². The molecule has 10 aromatic rings. The third-order valence-corrected chi connectivity index (χ3v) is 13.3. The molecular weight excluding hydrogens is 803 g/mol. The van der Waals surface area contributed by atoms with Crippen LogP contribution in [0.2, 0.25) is 0 Å². The van der Waals surface area contributed by atoms with Gasteiger partial charge in [-0.25, -0.2) is 0 Å². The number of hydrogen-bond acceptors (Lipinski definition) is 3. The molecule has 5 heteroatoms. The summed E-state index contributed by atoms with van der Waals surface area (Å²) in [5.41, 5.74) is 16.6. The van der Waals surface area contributed by atoms with Gasteiger partial charge in [0.15, 0.2) is 0 Å². The Morgan fingerprint density at radius 1 is 0.439 bits per heavy atom. The highest BCUT2D eigenvalue weighted by molar-refractivity contribution is 6.13. The summed E-state index contributed by atoms with van der Waals surface area (Å²) in [5, 5.41) is 4.91. The molecule has 8 aromatic carbocycles. The molecule has 0 N–H and O–H groups in total. The average Bonchev–Trinajstić information content (AvgIpc) is 3.93. The predicted octanol–water partition coefficient (Wildman–Crippen LogP) is 16.5. The van der Waals surface area contributed by atoms with Crippen LogP contribution in [0.25, 0.3) is 49.3 Å². The molecule has 1 aliphatic heterocycles. The fraction of sp³-hybridized carbons (Fsp3) is 0.115. The smallest absolute Gasteiger partial charge is 0.0542 e. The maximum absolute atomic E-state index is 2.46.